The first-order valence-corrected chi connectivity index (χ1v) is 3.88. The highest BCUT2D eigenvalue weighted by molar-refractivity contribution is 5.70. The molecule has 0 spiro atoms. The third-order valence-electron chi connectivity index (χ3n) is 1.63. The second-order valence-electron chi connectivity index (χ2n) is 2.62. The fourth-order valence-corrected chi connectivity index (χ4v) is 1.02. The molecule has 1 aliphatic rings. The van der Waals surface area contributed by atoms with E-state index in [1.165, 1.54) is 0 Å². The highest BCUT2D eigenvalue weighted by Crippen LogP contribution is 2.14. The zero-order valence-corrected chi connectivity index (χ0v) is 6.60. The number of rotatable bonds is 3. The smallest absolute Gasteiger partial charge is 0.360 e. The van der Waals surface area contributed by atoms with Crippen molar-refractivity contribution in [1.29, 1.82) is 0 Å². The van der Waals surface area contributed by atoms with Gasteiger partial charge in [-0.05, 0) is 19.3 Å². The summed E-state index contributed by atoms with van der Waals surface area (Å²) >= 11 is 0. The maximum Gasteiger partial charge on any atom is 0.360 e. The van der Waals surface area contributed by atoms with Crippen LogP contribution in [0.5, 0.6) is 0 Å². The largest absolute Gasteiger partial charge is 0.477 e. The lowest BCUT2D eigenvalue weighted by Gasteiger charge is -2.23. The van der Waals surface area contributed by atoms with Gasteiger partial charge in [0.15, 0.2) is 6.29 Å². The molecule has 1 rings (SSSR count). The average molecular weight is 176 g/mol. The summed E-state index contributed by atoms with van der Waals surface area (Å²) in [4.78, 5) is 10.1. The topological polar surface area (TPSA) is 76.0 Å². The van der Waals surface area contributed by atoms with Crippen molar-refractivity contribution in [1.82, 2.24) is 0 Å². The lowest BCUT2D eigenvalue weighted by Crippen LogP contribution is -2.32. The molecule has 0 aromatic carbocycles. The van der Waals surface area contributed by atoms with E-state index >= 15 is 0 Å². The number of hydrogen-bond acceptors (Lipinski definition) is 4. The molecule has 2 atom stereocenters. The molecule has 1 fully saturated rings. The first-order valence-electron chi connectivity index (χ1n) is 3.88. The molecule has 0 aliphatic carbocycles. The van der Waals surface area contributed by atoms with Crippen LogP contribution in [0, 0.1) is 0 Å². The molecule has 2 N–H and O–H groups in total. The van der Waals surface area contributed by atoms with Gasteiger partial charge in [-0.2, -0.15) is 0 Å². The molecule has 1 heterocycles. The number of hydrogen-bond donors (Lipinski definition) is 2. The van der Waals surface area contributed by atoms with Crippen molar-refractivity contribution in [3.63, 3.8) is 0 Å². The predicted molar refractivity (Wildman–Crippen MR) is 38.3 cm³/mol. The van der Waals surface area contributed by atoms with Crippen LogP contribution in [0.3, 0.4) is 0 Å². The number of ether oxygens (including phenoxy) is 2. The van der Waals surface area contributed by atoms with Gasteiger partial charge in [0, 0.05) is 6.61 Å². The Bertz CT molecular complexity index is 152. The number of aliphatic hydroxyl groups is 1. The van der Waals surface area contributed by atoms with Gasteiger partial charge in [-0.1, -0.05) is 0 Å². The molecule has 1 aliphatic heterocycles. The van der Waals surface area contributed by atoms with E-state index in [1.807, 2.05) is 0 Å². The highest BCUT2D eigenvalue weighted by atomic mass is 16.7. The summed E-state index contributed by atoms with van der Waals surface area (Å²) in [5.41, 5.74) is 0. The molecule has 0 saturated carbocycles. The predicted octanol–water partition coefficient (Wildman–Crippen LogP) is -0.0674. The van der Waals surface area contributed by atoms with Gasteiger partial charge in [-0.25, -0.2) is 4.79 Å². The first-order chi connectivity index (χ1) is 5.70. The van der Waals surface area contributed by atoms with Gasteiger partial charge in [-0.3, -0.25) is 0 Å². The molecule has 5 heteroatoms. The Hall–Kier alpha value is -0.650. The number of carboxylic acid groups (broad SMARTS) is 1. The van der Waals surface area contributed by atoms with E-state index in [0.29, 0.717) is 13.0 Å². The van der Waals surface area contributed by atoms with Crippen LogP contribution in [0.2, 0.25) is 0 Å². The van der Waals surface area contributed by atoms with E-state index in [-0.39, 0.29) is 0 Å². The molecule has 2 unspecified atom stereocenters. The minimum atomic E-state index is -1.77. The van der Waals surface area contributed by atoms with Crippen LogP contribution in [-0.4, -0.2) is 35.4 Å². The van der Waals surface area contributed by atoms with Crippen molar-refractivity contribution in [3.05, 3.63) is 0 Å². The monoisotopic (exact) mass is 176 g/mol. The Morgan fingerprint density at radius 1 is 1.58 bits per heavy atom. The maximum absolute atomic E-state index is 10.1. The Balaban J connectivity index is 2.24. The molecule has 0 amide bonds. The van der Waals surface area contributed by atoms with Crippen molar-refractivity contribution in [2.75, 3.05) is 6.61 Å². The van der Waals surface area contributed by atoms with E-state index in [0.717, 1.165) is 12.8 Å². The minimum Gasteiger partial charge on any atom is -0.477 e. The van der Waals surface area contributed by atoms with Crippen LogP contribution in [0.1, 0.15) is 19.3 Å². The van der Waals surface area contributed by atoms with Crippen molar-refractivity contribution in [3.8, 4) is 0 Å². The Kier molecular flexibility index (Phi) is 3.46. The van der Waals surface area contributed by atoms with Crippen LogP contribution in [0.15, 0.2) is 0 Å². The van der Waals surface area contributed by atoms with Crippen molar-refractivity contribution in [2.45, 2.75) is 31.8 Å². The molecular formula is C7H12O5. The first kappa shape index (κ1) is 9.44. The van der Waals surface area contributed by atoms with Gasteiger partial charge in [-0.15, -0.1) is 0 Å². The van der Waals surface area contributed by atoms with Crippen LogP contribution < -0.4 is 0 Å². The van der Waals surface area contributed by atoms with E-state index in [9.17, 15) is 4.79 Å². The Morgan fingerprint density at radius 2 is 2.33 bits per heavy atom. The fourth-order valence-electron chi connectivity index (χ4n) is 1.02. The van der Waals surface area contributed by atoms with Gasteiger partial charge >= 0.3 is 5.97 Å². The maximum atomic E-state index is 10.1. The molecule has 0 aromatic heterocycles. The van der Waals surface area contributed by atoms with Crippen LogP contribution >= 0.6 is 0 Å². The highest BCUT2D eigenvalue weighted by Gasteiger charge is 2.22. The van der Waals surface area contributed by atoms with E-state index in [2.05, 4.69) is 4.74 Å². The lowest BCUT2D eigenvalue weighted by molar-refractivity contribution is -0.243. The molecule has 70 valence electrons. The molecular weight excluding hydrogens is 164 g/mol. The average Bonchev–Trinajstić information content (AvgIpc) is 2.06. The summed E-state index contributed by atoms with van der Waals surface area (Å²) in [5, 5.41) is 17.1. The SMILES string of the molecule is O=C(O)C(O)OC1CCCCO1. The molecule has 0 aromatic rings. The van der Waals surface area contributed by atoms with E-state index in [1.54, 1.807) is 0 Å². The fraction of sp³-hybridized carbons (Fsp3) is 0.857. The quantitative estimate of drug-likeness (QED) is 0.589. The number of aliphatic carboxylic acids is 1. The van der Waals surface area contributed by atoms with E-state index in [4.69, 9.17) is 14.9 Å². The lowest BCUT2D eigenvalue weighted by atomic mass is 10.2. The number of aliphatic hydroxyl groups excluding tert-OH is 1. The summed E-state index contributed by atoms with van der Waals surface area (Å²) in [7, 11) is 0. The third-order valence-corrected chi connectivity index (χ3v) is 1.63. The Labute approximate surface area is 69.9 Å². The zero-order chi connectivity index (χ0) is 8.97. The molecule has 1 saturated heterocycles. The minimum absolute atomic E-state index is 0.565. The van der Waals surface area contributed by atoms with Crippen LogP contribution in [0.25, 0.3) is 0 Å². The van der Waals surface area contributed by atoms with Gasteiger partial charge in [0.2, 0.25) is 0 Å². The van der Waals surface area contributed by atoms with Crippen molar-refractivity contribution < 1.29 is 24.5 Å². The second-order valence-corrected chi connectivity index (χ2v) is 2.62. The summed E-state index contributed by atoms with van der Waals surface area (Å²) in [6.45, 7) is 0.566. The summed E-state index contributed by atoms with van der Waals surface area (Å²) in [6.07, 6.45) is 0.211. The van der Waals surface area contributed by atoms with Crippen molar-refractivity contribution in [2.24, 2.45) is 0 Å². The van der Waals surface area contributed by atoms with Gasteiger partial charge in [0.25, 0.3) is 6.29 Å². The second kappa shape index (κ2) is 4.39. The molecule has 5 nitrogen and oxygen atoms in total. The van der Waals surface area contributed by atoms with Crippen molar-refractivity contribution >= 4 is 5.97 Å². The third kappa shape index (κ3) is 2.77. The summed E-state index contributed by atoms with van der Waals surface area (Å²) in [5.74, 6) is -1.39. The molecule has 12 heavy (non-hydrogen) atoms. The van der Waals surface area contributed by atoms with Crippen LogP contribution in [0.4, 0.5) is 0 Å². The summed E-state index contributed by atoms with van der Waals surface area (Å²) < 4.78 is 9.74. The van der Waals surface area contributed by atoms with Gasteiger partial charge < -0.3 is 19.7 Å². The van der Waals surface area contributed by atoms with Gasteiger partial charge in [0.1, 0.15) is 0 Å². The molecule has 0 bridgehead atoms. The Morgan fingerprint density at radius 3 is 2.83 bits per heavy atom. The summed E-state index contributed by atoms with van der Waals surface area (Å²) in [6, 6.07) is 0. The van der Waals surface area contributed by atoms with E-state index < -0.39 is 18.5 Å². The zero-order valence-electron chi connectivity index (χ0n) is 6.60. The van der Waals surface area contributed by atoms with Crippen LogP contribution in [-0.2, 0) is 14.3 Å². The number of carboxylic acids is 1. The number of carbonyl (C=O) groups is 1. The molecule has 0 radical (unpaired) electrons. The standard InChI is InChI=1S/C7H12O5/c8-6(9)7(10)12-5-3-1-2-4-11-5/h5,7,10H,1-4H2,(H,8,9). The van der Waals surface area contributed by atoms with Gasteiger partial charge in [0.05, 0.1) is 0 Å². The normalized spacial score (nSPS) is 26.6.